The van der Waals surface area contributed by atoms with Crippen molar-refractivity contribution < 1.29 is 13.9 Å². The molecular weight excluding hydrogens is 304 g/mol. The molecule has 0 saturated carbocycles. The minimum absolute atomic E-state index is 0.0262. The van der Waals surface area contributed by atoms with Gasteiger partial charge in [0, 0.05) is 24.2 Å². The first kappa shape index (κ1) is 15.5. The van der Waals surface area contributed by atoms with Gasteiger partial charge in [0.1, 0.15) is 5.82 Å². The van der Waals surface area contributed by atoms with Crippen LogP contribution in [0.2, 0.25) is 10.0 Å². The van der Waals surface area contributed by atoms with E-state index in [9.17, 15) is 9.18 Å². The number of ether oxygens (including phenoxy) is 1. The molecule has 1 aliphatic heterocycles. The van der Waals surface area contributed by atoms with Crippen molar-refractivity contribution in [2.45, 2.75) is 25.8 Å². The Balaban J connectivity index is 2.05. The molecule has 1 N–H and O–H groups in total. The van der Waals surface area contributed by atoms with E-state index < -0.39 is 5.82 Å². The number of carbonyl (C=O) groups excluding carboxylic acids is 1. The van der Waals surface area contributed by atoms with Crippen LogP contribution < -0.4 is 5.32 Å². The van der Waals surface area contributed by atoms with Crippen molar-refractivity contribution in [3.8, 4) is 0 Å². The normalized spacial score (nSPS) is 17.8. The summed E-state index contributed by atoms with van der Waals surface area (Å²) in [6.07, 6.45) is 1.42. The van der Waals surface area contributed by atoms with Gasteiger partial charge >= 0.3 is 0 Å². The summed E-state index contributed by atoms with van der Waals surface area (Å²) in [4.78, 5) is 12.1. The Labute approximate surface area is 127 Å². The fourth-order valence-electron chi connectivity index (χ4n) is 2.24. The molecule has 3 nitrogen and oxygen atoms in total. The lowest BCUT2D eigenvalue weighted by atomic mass is 9.98. The SMILES string of the molecule is C[C@@H](NC(=O)C1CCOCC1)c1cc(F)c(Cl)cc1Cl. The predicted molar refractivity (Wildman–Crippen MR) is 76.5 cm³/mol. The highest BCUT2D eigenvalue weighted by Crippen LogP contribution is 2.29. The molecule has 1 amide bonds. The van der Waals surface area contributed by atoms with E-state index >= 15 is 0 Å². The summed E-state index contributed by atoms with van der Waals surface area (Å²) in [5.74, 6) is -0.646. The van der Waals surface area contributed by atoms with E-state index in [1.165, 1.54) is 12.1 Å². The lowest BCUT2D eigenvalue weighted by Gasteiger charge is -2.24. The first-order chi connectivity index (χ1) is 9.49. The summed E-state index contributed by atoms with van der Waals surface area (Å²) in [7, 11) is 0. The zero-order valence-electron chi connectivity index (χ0n) is 11.1. The summed E-state index contributed by atoms with van der Waals surface area (Å²) in [5, 5.41) is 3.18. The van der Waals surface area contributed by atoms with Gasteiger partial charge in [-0.15, -0.1) is 0 Å². The van der Waals surface area contributed by atoms with Crippen LogP contribution in [0.25, 0.3) is 0 Å². The summed E-state index contributed by atoms with van der Waals surface area (Å²) in [6.45, 7) is 2.97. The Bertz CT molecular complexity index is 504. The predicted octanol–water partition coefficient (Wildman–Crippen LogP) is 3.74. The zero-order valence-corrected chi connectivity index (χ0v) is 12.6. The molecule has 110 valence electrons. The molecule has 0 radical (unpaired) electrons. The van der Waals surface area contributed by atoms with Gasteiger partial charge in [0.05, 0.1) is 11.1 Å². The Hall–Kier alpha value is -0.840. The molecule has 1 atom stereocenters. The maximum absolute atomic E-state index is 13.5. The lowest BCUT2D eigenvalue weighted by Crippen LogP contribution is -2.35. The summed E-state index contributed by atoms with van der Waals surface area (Å²) in [5.41, 5.74) is 0.522. The van der Waals surface area contributed by atoms with Crippen molar-refractivity contribution in [1.29, 1.82) is 0 Å². The number of benzene rings is 1. The van der Waals surface area contributed by atoms with Crippen molar-refractivity contribution in [3.63, 3.8) is 0 Å². The third kappa shape index (κ3) is 3.62. The van der Waals surface area contributed by atoms with Gasteiger partial charge in [-0.1, -0.05) is 23.2 Å². The molecular formula is C14H16Cl2FNO2. The number of hydrogen-bond acceptors (Lipinski definition) is 2. The Kier molecular flexibility index (Phi) is 5.24. The highest BCUT2D eigenvalue weighted by Gasteiger charge is 2.24. The van der Waals surface area contributed by atoms with Crippen molar-refractivity contribution in [1.82, 2.24) is 5.32 Å². The van der Waals surface area contributed by atoms with Crippen molar-refractivity contribution >= 4 is 29.1 Å². The lowest BCUT2D eigenvalue weighted by molar-refractivity contribution is -0.128. The molecule has 0 aromatic heterocycles. The Morgan fingerprint density at radius 3 is 2.65 bits per heavy atom. The number of hydrogen-bond donors (Lipinski definition) is 1. The second kappa shape index (κ2) is 6.74. The van der Waals surface area contributed by atoms with E-state index in [4.69, 9.17) is 27.9 Å². The van der Waals surface area contributed by atoms with Crippen LogP contribution in [0.15, 0.2) is 12.1 Å². The highest BCUT2D eigenvalue weighted by molar-refractivity contribution is 6.35. The molecule has 1 saturated heterocycles. The molecule has 0 aliphatic carbocycles. The molecule has 0 unspecified atom stereocenters. The minimum Gasteiger partial charge on any atom is -0.381 e. The van der Waals surface area contributed by atoms with E-state index in [2.05, 4.69) is 5.32 Å². The molecule has 1 heterocycles. The topological polar surface area (TPSA) is 38.3 Å². The van der Waals surface area contributed by atoms with Gasteiger partial charge in [-0.2, -0.15) is 0 Å². The monoisotopic (exact) mass is 319 g/mol. The first-order valence-corrected chi connectivity index (χ1v) is 7.27. The highest BCUT2D eigenvalue weighted by atomic mass is 35.5. The number of nitrogens with one attached hydrogen (secondary N) is 1. The first-order valence-electron chi connectivity index (χ1n) is 6.51. The largest absolute Gasteiger partial charge is 0.381 e. The van der Waals surface area contributed by atoms with Gasteiger partial charge in [0.15, 0.2) is 0 Å². The third-order valence-electron chi connectivity index (χ3n) is 3.46. The van der Waals surface area contributed by atoms with Crippen molar-refractivity contribution in [3.05, 3.63) is 33.6 Å². The van der Waals surface area contributed by atoms with Gasteiger partial charge in [0.25, 0.3) is 0 Å². The van der Waals surface area contributed by atoms with Crippen LogP contribution in [0.4, 0.5) is 4.39 Å². The molecule has 1 aromatic rings. The summed E-state index contributed by atoms with van der Waals surface area (Å²) in [6, 6.07) is 2.24. The van der Waals surface area contributed by atoms with Crippen molar-refractivity contribution in [2.24, 2.45) is 5.92 Å². The maximum Gasteiger partial charge on any atom is 0.223 e. The quantitative estimate of drug-likeness (QED) is 0.862. The van der Waals surface area contributed by atoms with Crippen LogP contribution in [0, 0.1) is 11.7 Å². The second-order valence-electron chi connectivity index (χ2n) is 4.90. The van der Waals surface area contributed by atoms with Crippen LogP contribution in [-0.2, 0) is 9.53 Å². The summed E-state index contributed by atoms with van der Waals surface area (Å²) < 4.78 is 18.7. The van der Waals surface area contributed by atoms with E-state index in [0.29, 0.717) is 36.6 Å². The van der Waals surface area contributed by atoms with Crippen LogP contribution in [0.1, 0.15) is 31.4 Å². The van der Waals surface area contributed by atoms with Gasteiger partial charge in [-0.25, -0.2) is 4.39 Å². The molecule has 0 spiro atoms. The summed E-state index contributed by atoms with van der Waals surface area (Å²) >= 11 is 11.7. The number of rotatable bonds is 3. The fourth-order valence-corrected chi connectivity index (χ4v) is 2.79. The Morgan fingerprint density at radius 1 is 1.35 bits per heavy atom. The molecule has 1 aliphatic rings. The molecule has 2 rings (SSSR count). The molecule has 6 heteroatoms. The fraction of sp³-hybridized carbons (Fsp3) is 0.500. The van der Waals surface area contributed by atoms with E-state index in [0.717, 1.165) is 0 Å². The smallest absolute Gasteiger partial charge is 0.223 e. The molecule has 1 fully saturated rings. The molecule has 1 aromatic carbocycles. The van der Waals surface area contributed by atoms with Gasteiger partial charge < -0.3 is 10.1 Å². The van der Waals surface area contributed by atoms with Gasteiger partial charge in [0.2, 0.25) is 5.91 Å². The van der Waals surface area contributed by atoms with Crippen LogP contribution >= 0.6 is 23.2 Å². The number of amides is 1. The van der Waals surface area contributed by atoms with E-state index in [1.54, 1.807) is 6.92 Å². The molecule has 20 heavy (non-hydrogen) atoms. The van der Waals surface area contributed by atoms with Crippen LogP contribution in [-0.4, -0.2) is 19.1 Å². The zero-order chi connectivity index (χ0) is 14.7. The van der Waals surface area contributed by atoms with Gasteiger partial charge in [-0.05, 0) is 37.5 Å². The number of halogens is 3. The maximum atomic E-state index is 13.5. The van der Waals surface area contributed by atoms with E-state index in [-0.39, 0.29) is 22.9 Å². The molecule has 0 bridgehead atoms. The average molecular weight is 320 g/mol. The van der Waals surface area contributed by atoms with Gasteiger partial charge in [-0.3, -0.25) is 4.79 Å². The third-order valence-corrected chi connectivity index (χ3v) is 4.07. The van der Waals surface area contributed by atoms with Crippen LogP contribution in [0.5, 0.6) is 0 Å². The number of carbonyl (C=O) groups is 1. The second-order valence-corrected chi connectivity index (χ2v) is 5.72. The van der Waals surface area contributed by atoms with E-state index in [1.807, 2.05) is 0 Å². The Morgan fingerprint density at radius 2 is 2.00 bits per heavy atom. The average Bonchev–Trinajstić information content (AvgIpc) is 2.43. The van der Waals surface area contributed by atoms with Crippen LogP contribution in [0.3, 0.4) is 0 Å². The minimum atomic E-state index is -0.543. The standard InChI is InChI=1S/C14H16Cl2FNO2/c1-8(10-6-13(17)12(16)7-11(10)15)18-14(19)9-2-4-20-5-3-9/h6-9H,2-5H2,1H3,(H,18,19)/t8-/m1/s1. The van der Waals surface area contributed by atoms with Crippen molar-refractivity contribution in [2.75, 3.05) is 13.2 Å².